The molecule has 1 aliphatic carbocycles. The lowest BCUT2D eigenvalue weighted by Gasteiger charge is -2.15. The van der Waals surface area contributed by atoms with Crippen LogP contribution < -0.4 is 0 Å². The highest BCUT2D eigenvalue weighted by atomic mass is 32.2. The average Bonchev–Trinajstić information content (AvgIpc) is 3.32. The number of nitrogens with zero attached hydrogens (tertiary/aromatic N) is 5. The fraction of sp³-hybridized carbons (Fsp3) is 0.526. The van der Waals surface area contributed by atoms with Gasteiger partial charge in [0.1, 0.15) is 22.2 Å². The molecule has 0 aliphatic heterocycles. The van der Waals surface area contributed by atoms with E-state index in [0.717, 1.165) is 41.2 Å². The predicted molar refractivity (Wildman–Crippen MR) is 103 cm³/mol. The highest BCUT2D eigenvalue weighted by molar-refractivity contribution is 7.99. The Balaban J connectivity index is 1.92. The number of fused-ring (bicyclic) bond motifs is 1. The molecule has 0 unspecified atom stereocenters. The van der Waals surface area contributed by atoms with Crippen molar-refractivity contribution in [2.75, 3.05) is 5.75 Å². The summed E-state index contributed by atoms with van der Waals surface area (Å²) in [4.78, 5) is 13.0. The minimum absolute atomic E-state index is 0.249. The largest absolute Gasteiger partial charge is 0.433 e. The third-order valence-corrected chi connectivity index (χ3v) is 5.86. The fourth-order valence-corrected chi connectivity index (χ4v) is 4.43. The molecular formula is C19H22F3N5S. The minimum atomic E-state index is -4.49. The second-order valence-corrected chi connectivity index (χ2v) is 8.60. The summed E-state index contributed by atoms with van der Waals surface area (Å²) in [5, 5.41) is 1.03. The Bertz CT molecular complexity index is 1030. The Morgan fingerprint density at radius 2 is 1.96 bits per heavy atom. The molecule has 0 atom stereocenters. The van der Waals surface area contributed by atoms with Gasteiger partial charge in [-0.3, -0.25) is 0 Å². The molecule has 9 heteroatoms. The van der Waals surface area contributed by atoms with Gasteiger partial charge in [0.15, 0.2) is 5.82 Å². The standard InChI is InChI=1S/C19H22F3N5S/c1-5-28-18-15(25-16(11-6-7-11)27(18)10(2)3)17-24-12-8-14(19(20,21)22)23-9-13(12)26(17)4/h8-11H,5-7H2,1-4H3. The van der Waals surface area contributed by atoms with Gasteiger partial charge in [-0.25, -0.2) is 15.0 Å². The van der Waals surface area contributed by atoms with E-state index in [1.165, 1.54) is 6.20 Å². The molecule has 150 valence electrons. The van der Waals surface area contributed by atoms with E-state index in [-0.39, 0.29) is 11.6 Å². The molecule has 5 nitrogen and oxygen atoms in total. The molecule has 3 heterocycles. The van der Waals surface area contributed by atoms with Crippen LogP contribution in [0.2, 0.25) is 0 Å². The molecule has 1 saturated carbocycles. The molecule has 3 aromatic rings. The van der Waals surface area contributed by atoms with Crippen LogP contribution in [0.3, 0.4) is 0 Å². The van der Waals surface area contributed by atoms with Crippen LogP contribution in [0.5, 0.6) is 0 Å². The van der Waals surface area contributed by atoms with Crippen molar-refractivity contribution in [3.63, 3.8) is 0 Å². The average molecular weight is 409 g/mol. The lowest BCUT2D eigenvalue weighted by molar-refractivity contribution is -0.141. The number of imidazole rings is 2. The van der Waals surface area contributed by atoms with Gasteiger partial charge in [0.2, 0.25) is 0 Å². The van der Waals surface area contributed by atoms with Gasteiger partial charge in [-0.15, -0.1) is 11.8 Å². The first-order valence-corrected chi connectivity index (χ1v) is 10.4. The second-order valence-electron chi connectivity index (χ2n) is 7.35. The Morgan fingerprint density at radius 1 is 1.25 bits per heavy atom. The highest BCUT2D eigenvalue weighted by Crippen LogP contribution is 2.45. The van der Waals surface area contributed by atoms with Crippen molar-refractivity contribution in [2.24, 2.45) is 7.05 Å². The summed E-state index contributed by atoms with van der Waals surface area (Å²) in [7, 11) is 1.80. The van der Waals surface area contributed by atoms with Crippen molar-refractivity contribution < 1.29 is 13.2 Å². The summed E-state index contributed by atoms with van der Waals surface area (Å²) in [6.07, 6.45) is -1.00. The van der Waals surface area contributed by atoms with Gasteiger partial charge in [0, 0.05) is 19.0 Å². The van der Waals surface area contributed by atoms with Crippen molar-refractivity contribution in [1.29, 1.82) is 0 Å². The zero-order valence-electron chi connectivity index (χ0n) is 16.2. The molecule has 1 fully saturated rings. The van der Waals surface area contributed by atoms with E-state index in [2.05, 4.69) is 35.3 Å². The number of hydrogen-bond acceptors (Lipinski definition) is 4. The van der Waals surface area contributed by atoms with Crippen molar-refractivity contribution in [1.82, 2.24) is 24.1 Å². The third kappa shape index (κ3) is 3.19. The van der Waals surface area contributed by atoms with E-state index < -0.39 is 11.9 Å². The zero-order chi connectivity index (χ0) is 20.2. The summed E-state index contributed by atoms with van der Waals surface area (Å²) in [5.41, 5.74) is 0.649. The summed E-state index contributed by atoms with van der Waals surface area (Å²) < 4.78 is 43.2. The monoisotopic (exact) mass is 409 g/mol. The van der Waals surface area contributed by atoms with Crippen LogP contribution in [0.25, 0.3) is 22.6 Å². The first-order chi connectivity index (χ1) is 13.2. The molecule has 3 aromatic heterocycles. The second kappa shape index (κ2) is 6.79. The van der Waals surface area contributed by atoms with Gasteiger partial charge >= 0.3 is 6.18 Å². The minimum Gasteiger partial charge on any atom is -0.324 e. The van der Waals surface area contributed by atoms with E-state index >= 15 is 0 Å². The maximum absolute atomic E-state index is 13.0. The number of halogens is 3. The Kier molecular flexibility index (Phi) is 4.68. The number of rotatable bonds is 5. The van der Waals surface area contributed by atoms with Crippen molar-refractivity contribution in [2.45, 2.75) is 56.8 Å². The molecule has 0 N–H and O–H groups in total. The molecule has 4 rings (SSSR count). The number of aromatic nitrogens is 5. The summed E-state index contributed by atoms with van der Waals surface area (Å²) in [6, 6.07) is 1.26. The van der Waals surface area contributed by atoms with Crippen molar-refractivity contribution in [3.8, 4) is 11.5 Å². The number of aryl methyl sites for hydroxylation is 1. The molecule has 0 bridgehead atoms. The quantitative estimate of drug-likeness (QED) is 0.528. The maximum Gasteiger partial charge on any atom is 0.433 e. The topological polar surface area (TPSA) is 48.5 Å². The predicted octanol–water partition coefficient (Wildman–Crippen LogP) is 5.42. The van der Waals surface area contributed by atoms with E-state index in [4.69, 9.17) is 4.98 Å². The number of thioether (sulfide) groups is 1. The molecule has 0 amide bonds. The normalized spacial score (nSPS) is 15.1. The van der Waals surface area contributed by atoms with Crippen LogP contribution in [-0.2, 0) is 13.2 Å². The van der Waals surface area contributed by atoms with Gasteiger partial charge in [-0.2, -0.15) is 13.2 Å². The molecule has 0 aromatic carbocycles. The molecule has 0 saturated heterocycles. The molecule has 0 spiro atoms. The number of alkyl halides is 3. The number of hydrogen-bond donors (Lipinski definition) is 0. The van der Waals surface area contributed by atoms with Gasteiger partial charge in [-0.1, -0.05) is 6.92 Å². The zero-order valence-corrected chi connectivity index (χ0v) is 17.0. The molecular weight excluding hydrogens is 387 g/mol. The fourth-order valence-electron chi connectivity index (χ4n) is 3.44. The van der Waals surface area contributed by atoms with Crippen LogP contribution in [0.1, 0.15) is 57.1 Å². The maximum atomic E-state index is 13.0. The van der Waals surface area contributed by atoms with E-state index in [9.17, 15) is 13.2 Å². The van der Waals surface area contributed by atoms with Gasteiger partial charge in [-0.05, 0) is 38.5 Å². The summed E-state index contributed by atoms with van der Waals surface area (Å²) >= 11 is 1.70. The first-order valence-electron chi connectivity index (χ1n) is 9.37. The Labute approximate surface area is 165 Å². The van der Waals surface area contributed by atoms with E-state index in [1.807, 2.05) is 0 Å². The lowest BCUT2D eigenvalue weighted by Crippen LogP contribution is -2.07. The Hall–Kier alpha value is -2.03. The molecule has 28 heavy (non-hydrogen) atoms. The van der Waals surface area contributed by atoms with E-state index in [1.54, 1.807) is 23.4 Å². The van der Waals surface area contributed by atoms with Gasteiger partial charge < -0.3 is 9.13 Å². The smallest absolute Gasteiger partial charge is 0.324 e. The summed E-state index contributed by atoms with van der Waals surface area (Å²) in [6.45, 7) is 6.34. The summed E-state index contributed by atoms with van der Waals surface area (Å²) in [5.74, 6) is 2.97. The molecule has 0 radical (unpaired) electrons. The van der Waals surface area contributed by atoms with E-state index in [0.29, 0.717) is 17.3 Å². The highest BCUT2D eigenvalue weighted by Gasteiger charge is 2.35. The van der Waals surface area contributed by atoms with Crippen LogP contribution in [0.15, 0.2) is 17.3 Å². The number of pyridine rings is 1. The van der Waals surface area contributed by atoms with Crippen LogP contribution in [0, 0.1) is 0 Å². The van der Waals surface area contributed by atoms with Crippen LogP contribution in [-0.4, -0.2) is 29.8 Å². The van der Waals surface area contributed by atoms with Gasteiger partial charge in [0.25, 0.3) is 0 Å². The Morgan fingerprint density at radius 3 is 2.54 bits per heavy atom. The van der Waals surface area contributed by atoms with Crippen LogP contribution in [0.4, 0.5) is 13.2 Å². The van der Waals surface area contributed by atoms with Gasteiger partial charge in [0.05, 0.1) is 17.2 Å². The lowest BCUT2D eigenvalue weighted by atomic mass is 10.3. The SMILES string of the molecule is CCSc1c(-c2nc3cc(C(F)(F)F)ncc3n2C)nc(C2CC2)n1C(C)C. The first kappa shape index (κ1) is 19.3. The third-order valence-electron chi connectivity index (χ3n) is 4.90. The van der Waals surface area contributed by atoms with Crippen molar-refractivity contribution >= 4 is 22.8 Å². The van der Waals surface area contributed by atoms with Crippen LogP contribution >= 0.6 is 11.8 Å². The molecule has 1 aliphatic rings. The van der Waals surface area contributed by atoms with Crippen molar-refractivity contribution in [3.05, 3.63) is 23.8 Å².